The summed E-state index contributed by atoms with van der Waals surface area (Å²) in [7, 11) is 0. The standard InChI is InChI=1S/C10H11ClF3N3O/c1-5-6(3-4-7(11)16-5)17-8(18)9(2,15)10(12,13)14/h3-4H,15H2,1-2H3,(H,17,18). The zero-order valence-electron chi connectivity index (χ0n) is 9.60. The Balaban J connectivity index is 2.95. The molecule has 0 bridgehead atoms. The largest absolute Gasteiger partial charge is 0.415 e. The van der Waals surface area contributed by atoms with Gasteiger partial charge in [-0.15, -0.1) is 0 Å². The van der Waals surface area contributed by atoms with Crippen molar-refractivity contribution < 1.29 is 18.0 Å². The normalized spacial score (nSPS) is 15.1. The van der Waals surface area contributed by atoms with E-state index in [1.165, 1.54) is 19.1 Å². The number of aryl methyl sites for hydroxylation is 1. The minimum atomic E-state index is -4.84. The molecule has 0 saturated heterocycles. The van der Waals surface area contributed by atoms with Crippen molar-refractivity contribution >= 4 is 23.2 Å². The van der Waals surface area contributed by atoms with Crippen molar-refractivity contribution in [3.8, 4) is 0 Å². The highest BCUT2D eigenvalue weighted by atomic mass is 35.5. The van der Waals surface area contributed by atoms with Crippen LogP contribution in [0.5, 0.6) is 0 Å². The summed E-state index contributed by atoms with van der Waals surface area (Å²) >= 11 is 5.59. The molecule has 1 aromatic rings. The molecule has 4 nitrogen and oxygen atoms in total. The second kappa shape index (κ2) is 4.74. The maximum atomic E-state index is 12.5. The number of aromatic nitrogens is 1. The van der Waals surface area contributed by atoms with E-state index >= 15 is 0 Å². The Morgan fingerprint density at radius 2 is 2.00 bits per heavy atom. The summed E-state index contributed by atoms with van der Waals surface area (Å²) < 4.78 is 37.6. The third-order valence-electron chi connectivity index (χ3n) is 2.36. The number of amides is 1. The van der Waals surface area contributed by atoms with Crippen LogP contribution in [0.25, 0.3) is 0 Å². The molecule has 0 aromatic carbocycles. The number of pyridine rings is 1. The average Bonchev–Trinajstić information content (AvgIpc) is 2.20. The van der Waals surface area contributed by atoms with Gasteiger partial charge < -0.3 is 11.1 Å². The zero-order chi connectivity index (χ0) is 14.1. The van der Waals surface area contributed by atoms with E-state index in [-0.39, 0.29) is 10.8 Å². The highest BCUT2D eigenvalue weighted by Gasteiger charge is 2.54. The van der Waals surface area contributed by atoms with Crippen LogP contribution in [0.15, 0.2) is 12.1 Å². The number of nitrogens with two attached hydrogens (primary N) is 1. The van der Waals surface area contributed by atoms with E-state index in [0.717, 1.165) is 0 Å². The van der Waals surface area contributed by atoms with Crippen molar-refractivity contribution in [3.05, 3.63) is 23.0 Å². The molecule has 1 amide bonds. The Morgan fingerprint density at radius 3 is 2.44 bits per heavy atom. The average molecular weight is 282 g/mol. The van der Waals surface area contributed by atoms with Gasteiger partial charge in [-0.3, -0.25) is 4.79 Å². The number of nitrogens with one attached hydrogen (secondary N) is 1. The van der Waals surface area contributed by atoms with Crippen LogP contribution >= 0.6 is 11.6 Å². The molecule has 0 radical (unpaired) electrons. The van der Waals surface area contributed by atoms with Gasteiger partial charge in [0.1, 0.15) is 5.15 Å². The van der Waals surface area contributed by atoms with E-state index in [1.807, 2.05) is 0 Å². The van der Waals surface area contributed by atoms with Crippen molar-refractivity contribution in [2.75, 3.05) is 5.32 Å². The van der Waals surface area contributed by atoms with E-state index in [2.05, 4.69) is 10.3 Å². The highest BCUT2D eigenvalue weighted by molar-refractivity contribution is 6.29. The number of halogens is 4. The van der Waals surface area contributed by atoms with Crippen LogP contribution in [-0.2, 0) is 4.79 Å². The van der Waals surface area contributed by atoms with E-state index in [0.29, 0.717) is 12.6 Å². The molecular formula is C10H11ClF3N3O. The molecule has 1 atom stereocenters. The van der Waals surface area contributed by atoms with Crippen molar-refractivity contribution in [2.45, 2.75) is 25.6 Å². The summed E-state index contributed by atoms with van der Waals surface area (Å²) in [6, 6.07) is 2.71. The van der Waals surface area contributed by atoms with E-state index in [4.69, 9.17) is 17.3 Å². The Labute approximate surface area is 106 Å². The predicted octanol–water partition coefficient (Wildman–Crippen LogP) is 2.26. The Morgan fingerprint density at radius 1 is 1.44 bits per heavy atom. The lowest BCUT2D eigenvalue weighted by Gasteiger charge is -2.26. The SMILES string of the molecule is Cc1nc(Cl)ccc1NC(=O)C(C)(N)C(F)(F)F. The zero-order valence-corrected chi connectivity index (χ0v) is 10.4. The van der Waals surface area contributed by atoms with Crippen LogP contribution in [0.3, 0.4) is 0 Å². The first-order chi connectivity index (χ1) is 8.05. The molecular weight excluding hydrogens is 271 g/mol. The Hall–Kier alpha value is -1.34. The number of carbonyl (C=O) groups is 1. The molecule has 3 N–H and O–H groups in total. The molecule has 100 valence electrons. The summed E-state index contributed by atoms with van der Waals surface area (Å²) in [6.45, 7) is 2.10. The van der Waals surface area contributed by atoms with Crippen molar-refractivity contribution in [1.29, 1.82) is 0 Å². The molecule has 1 aromatic heterocycles. The second-order valence-corrected chi connectivity index (χ2v) is 4.31. The Kier molecular flexibility index (Phi) is 3.87. The number of hydrogen-bond acceptors (Lipinski definition) is 3. The van der Waals surface area contributed by atoms with Gasteiger partial charge >= 0.3 is 6.18 Å². The van der Waals surface area contributed by atoms with Gasteiger partial charge in [0.05, 0.1) is 11.4 Å². The quantitative estimate of drug-likeness (QED) is 0.817. The van der Waals surface area contributed by atoms with Gasteiger partial charge in [-0.05, 0) is 26.0 Å². The lowest BCUT2D eigenvalue weighted by molar-refractivity contribution is -0.184. The lowest BCUT2D eigenvalue weighted by atomic mass is 10.0. The molecule has 1 rings (SSSR count). The van der Waals surface area contributed by atoms with Crippen LogP contribution in [0.2, 0.25) is 5.15 Å². The molecule has 0 spiro atoms. The van der Waals surface area contributed by atoms with Crippen LogP contribution in [0, 0.1) is 6.92 Å². The smallest absolute Gasteiger partial charge is 0.323 e. The van der Waals surface area contributed by atoms with Crippen LogP contribution in [0.4, 0.5) is 18.9 Å². The van der Waals surface area contributed by atoms with Gasteiger partial charge in [0, 0.05) is 0 Å². The van der Waals surface area contributed by atoms with E-state index < -0.39 is 17.6 Å². The first kappa shape index (κ1) is 14.7. The number of hydrogen-bond donors (Lipinski definition) is 2. The third-order valence-corrected chi connectivity index (χ3v) is 2.57. The van der Waals surface area contributed by atoms with Gasteiger partial charge in [0.25, 0.3) is 5.91 Å². The van der Waals surface area contributed by atoms with Crippen molar-refractivity contribution in [1.82, 2.24) is 4.98 Å². The fourth-order valence-corrected chi connectivity index (χ4v) is 1.23. The van der Waals surface area contributed by atoms with Gasteiger partial charge in [0.2, 0.25) is 0 Å². The van der Waals surface area contributed by atoms with Gasteiger partial charge in [-0.1, -0.05) is 11.6 Å². The molecule has 1 unspecified atom stereocenters. The number of nitrogens with zero attached hydrogens (tertiary/aromatic N) is 1. The molecule has 0 aliphatic heterocycles. The van der Waals surface area contributed by atoms with Crippen LogP contribution < -0.4 is 11.1 Å². The summed E-state index contributed by atoms with van der Waals surface area (Å²) in [4.78, 5) is 15.3. The molecule has 0 aliphatic carbocycles. The van der Waals surface area contributed by atoms with Gasteiger partial charge in [0.15, 0.2) is 5.54 Å². The minimum absolute atomic E-state index is 0.130. The molecule has 18 heavy (non-hydrogen) atoms. The fourth-order valence-electron chi connectivity index (χ4n) is 1.04. The van der Waals surface area contributed by atoms with Crippen LogP contribution in [-0.4, -0.2) is 22.6 Å². The topological polar surface area (TPSA) is 68.0 Å². The molecule has 8 heteroatoms. The van der Waals surface area contributed by atoms with Gasteiger partial charge in [-0.2, -0.15) is 13.2 Å². The number of rotatable bonds is 2. The summed E-state index contributed by atoms with van der Waals surface area (Å²) in [5.41, 5.74) is 2.44. The minimum Gasteiger partial charge on any atom is -0.323 e. The highest BCUT2D eigenvalue weighted by Crippen LogP contribution is 2.29. The van der Waals surface area contributed by atoms with Crippen LogP contribution in [0.1, 0.15) is 12.6 Å². The molecule has 0 aliphatic rings. The Bertz CT molecular complexity index is 474. The first-order valence-electron chi connectivity index (χ1n) is 4.86. The summed E-state index contributed by atoms with van der Waals surface area (Å²) in [6.07, 6.45) is -4.84. The predicted molar refractivity (Wildman–Crippen MR) is 61.3 cm³/mol. The third kappa shape index (κ3) is 2.91. The van der Waals surface area contributed by atoms with E-state index in [9.17, 15) is 18.0 Å². The van der Waals surface area contributed by atoms with Gasteiger partial charge in [-0.25, -0.2) is 4.98 Å². The lowest BCUT2D eigenvalue weighted by Crippen LogP contribution is -2.59. The maximum Gasteiger partial charge on any atom is 0.415 e. The molecule has 0 saturated carbocycles. The number of alkyl halides is 3. The number of carbonyl (C=O) groups excluding carboxylic acids is 1. The number of anilines is 1. The molecule has 0 fully saturated rings. The maximum absolute atomic E-state index is 12.5. The second-order valence-electron chi connectivity index (χ2n) is 3.92. The first-order valence-corrected chi connectivity index (χ1v) is 5.23. The monoisotopic (exact) mass is 281 g/mol. The summed E-state index contributed by atoms with van der Waals surface area (Å²) in [5, 5.41) is 2.26. The van der Waals surface area contributed by atoms with Crippen molar-refractivity contribution in [3.63, 3.8) is 0 Å². The van der Waals surface area contributed by atoms with E-state index in [1.54, 1.807) is 0 Å². The summed E-state index contributed by atoms with van der Waals surface area (Å²) in [5.74, 6) is -1.36. The van der Waals surface area contributed by atoms with Crippen molar-refractivity contribution in [2.24, 2.45) is 5.73 Å². The molecule has 1 heterocycles. The fraction of sp³-hybridized carbons (Fsp3) is 0.400.